The molecule has 0 atom stereocenters. The van der Waals surface area contributed by atoms with Crippen molar-refractivity contribution in [3.05, 3.63) is 24.3 Å². The second-order valence-electron chi connectivity index (χ2n) is 2.54. The van der Waals surface area contributed by atoms with Crippen molar-refractivity contribution in [1.82, 2.24) is 0 Å². The zero-order valence-corrected chi connectivity index (χ0v) is 7.90. The molecule has 1 fully saturated rings. The van der Waals surface area contributed by atoms with Gasteiger partial charge >= 0.3 is 5.97 Å². The van der Waals surface area contributed by atoms with Crippen LogP contribution in [0.4, 0.5) is 0 Å². The smallest absolute Gasteiger partial charge is 0.328 e. The molecule has 0 aromatic rings. The lowest BCUT2D eigenvalue weighted by atomic mass is 10.4. The summed E-state index contributed by atoms with van der Waals surface area (Å²) in [5.74, 6) is -0.914. The minimum absolute atomic E-state index is 0.914. The highest BCUT2D eigenvalue weighted by Crippen LogP contribution is 1.98. The van der Waals surface area contributed by atoms with Crippen molar-refractivity contribution < 1.29 is 14.6 Å². The molecular formula is C10H16O3. The molecule has 0 amide bonds. The second-order valence-corrected chi connectivity index (χ2v) is 2.54. The summed E-state index contributed by atoms with van der Waals surface area (Å²) in [7, 11) is 0. The highest BCUT2D eigenvalue weighted by atomic mass is 16.5. The van der Waals surface area contributed by atoms with Crippen LogP contribution < -0.4 is 0 Å². The predicted molar refractivity (Wildman–Crippen MR) is 51.6 cm³/mol. The molecule has 3 nitrogen and oxygen atoms in total. The van der Waals surface area contributed by atoms with Crippen molar-refractivity contribution in [3.8, 4) is 0 Å². The van der Waals surface area contributed by atoms with E-state index in [4.69, 9.17) is 9.84 Å². The van der Waals surface area contributed by atoms with E-state index in [0.29, 0.717) is 0 Å². The van der Waals surface area contributed by atoms with Crippen molar-refractivity contribution in [3.63, 3.8) is 0 Å². The van der Waals surface area contributed by atoms with E-state index in [9.17, 15) is 4.79 Å². The first-order chi connectivity index (χ1) is 6.27. The number of ether oxygens (including phenoxy) is 1. The fourth-order valence-electron chi connectivity index (χ4n) is 0.759. The highest BCUT2D eigenvalue weighted by Gasteiger charge is 1.94. The van der Waals surface area contributed by atoms with Crippen LogP contribution in [0.2, 0.25) is 0 Å². The monoisotopic (exact) mass is 184 g/mol. The molecule has 0 aliphatic carbocycles. The van der Waals surface area contributed by atoms with Crippen LogP contribution in [0.1, 0.15) is 19.8 Å². The standard InChI is InChI=1S/C6H8O2.C4H8O/c1-2-3-4-5-6(7)8;1-2-4-5-3-1/h2-5H,1H3,(H,7,8);1-4H2/b3-2+,5-4+;. The topological polar surface area (TPSA) is 46.5 Å². The predicted octanol–water partition coefficient (Wildman–Crippen LogP) is 2.00. The van der Waals surface area contributed by atoms with E-state index in [2.05, 4.69) is 0 Å². The van der Waals surface area contributed by atoms with E-state index in [-0.39, 0.29) is 0 Å². The Morgan fingerprint density at radius 2 is 1.92 bits per heavy atom. The molecule has 0 radical (unpaired) electrons. The van der Waals surface area contributed by atoms with E-state index >= 15 is 0 Å². The first-order valence-corrected chi connectivity index (χ1v) is 4.37. The lowest BCUT2D eigenvalue weighted by Gasteiger charge is -1.76. The summed E-state index contributed by atoms with van der Waals surface area (Å²) < 4.78 is 4.94. The maximum absolute atomic E-state index is 9.75. The Labute approximate surface area is 78.7 Å². The van der Waals surface area contributed by atoms with Crippen LogP contribution in [-0.2, 0) is 9.53 Å². The lowest BCUT2D eigenvalue weighted by molar-refractivity contribution is -0.131. The largest absolute Gasteiger partial charge is 0.478 e. The molecule has 0 bridgehead atoms. The zero-order chi connectivity index (χ0) is 9.94. The Bertz CT molecular complexity index is 171. The van der Waals surface area contributed by atoms with Gasteiger partial charge in [0, 0.05) is 19.3 Å². The van der Waals surface area contributed by atoms with Gasteiger partial charge in [-0.05, 0) is 19.8 Å². The van der Waals surface area contributed by atoms with Crippen LogP contribution in [0.25, 0.3) is 0 Å². The third-order valence-electron chi connectivity index (χ3n) is 1.37. The van der Waals surface area contributed by atoms with Gasteiger partial charge in [0.1, 0.15) is 0 Å². The van der Waals surface area contributed by atoms with Gasteiger partial charge < -0.3 is 9.84 Å². The third kappa shape index (κ3) is 10.9. The summed E-state index contributed by atoms with van der Waals surface area (Å²) >= 11 is 0. The molecule has 0 aromatic heterocycles. The Morgan fingerprint density at radius 1 is 1.31 bits per heavy atom. The van der Waals surface area contributed by atoms with Crippen molar-refractivity contribution >= 4 is 5.97 Å². The minimum Gasteiger partial charge on any atom is -0.478 e. The number of carboxylic acid groups (broad SMARTS) is 1. The highest BCUT2D eigenvalue weighted by molar-refractivity contribution is 5.80. The molecule has 0 saturated carbocycles. The molecule has 0 unspecified atom stereocenters. The number of rotatable bonds is 2. The number of carbonyl (C=O) groups is 1. The third-order valence-corrected chi connectivity index (χ3v) is 1.37. The molecule has 1 N–H and O–H groups in total. The van der Waals surface area contributed by atoms with Crippen molar-refractivity contribution in [2.24, 2.45) is 0 Å². The maximum Gasteiger partial charge on any atom is 0.328 e. The molecule has 74 valence electrons. The summed E-state index contributed by atoms with van der Waals surface area (Å²) in [5.41, 5.74) is 0. The van der Waals surface area contributed by atoms with E-state index in [0.717, 1.165) is 19.3 Å². The fourth-order valence-corrected chi connectivity index (χ4v) is 0.759. The summed E-state index contributed by atoms with van der Waals surface area (Å²) in [6.07, 6.45) is 8.54. The molecular weight excluding hydrogens is 168 g/mol. The number of hydrogen-bond donors (Lipinski definition) is 1. The fraction of sp³-hybridized carbons (Fsp3) is 0.500. The Balaban J connectivity index is 0.000000243. The summed E-state index contributed by atoms with van der Waals surface area (Å²) in [6.45, 7) is 3.83. The molecule has 3 heteroatoms. The van der Waals surface area contributed by atoms with E-state index in [1.807, 2.05) is 6.92 Å². The minimum atomic E-state index is -0.914. The molecule has 1 saturated heterocycles. The van der Waals surface area contributed by atoms with Gasteiger partial charge in [0.25, 0.3) is 0 Å². The molecule has 1 aliphatic rings. The van der Waals surface area contributed by atoms with Gasteiger partial charge in [0.15, 0.2) is 0 Å². The second kappa shape index (κ2) is 9.00. The first kappa shape index (κ1) is 11.9. The summed E-state index contributed by atoms with van der Waals surface area (Å²) in [4.78, 5) is 9.75. The Hall–Kier alpha value is -1.09. The summed E-state index contributed by atoms with van der Waals surface area (Å²) in [6, 6.07) is 0. The SMILES string of the molecule is C/C=C/C=C/C(=O)O.C1CCOC1. The average molecular weight is 184 g/mol. The lowest BCUT2D eigenvalue weighted by Crippen LogP contribution is -1.83. The van der Waals surface area contributed by atoms with E-state index in [1.54, 1.807) is 12.2 Å². The van der Waals surface area contributed by atoms with E-state index in [1.165, 1.54) is 18.9 Å². The van der Waals surface area contributed by atoms with Crippen molar-refractivity contribution in [1.29, 1.82) is 0 Å². The molecule has 1 aliphatic heterocycles. The van der Waals surface area contributed by atoms with Gasteiger partial charge in [-0.15, -0.1) is 0 Å². The first-order valence-electron chi connectivity index (χ1n) is 4.37. The zero-order valence-electron chi connectivity index (χ0n) is 7.90. The summed E-state index contributed by atoms with van der Waals surface area (Å²) in [5, 5.41) is 8.02. The average Bonchev–Trinajstić information content (AvgIpc) is 2.61. The van der Waals surface area contributed by atoms with Crippen LogP contribution in [0.5, 0.6) is 0 Å². The molecule has 1 heterocycles. The van der Waals surface area contributed by atoms with Gasteiger partial charge in [-0.2, -0.15) is 0 Å². The van der Waals surface area contributed by atoms with Gasteiger partial charge in [0.05, 0.1) is 0 Å². The van der Waals surface area contributed by atoms with Crippen LogP contribution in [-0.4, -0.2) is 24.3 Å². The normalized spacial score (nSPS) is 16.1. The van der Waals surface area contributed by atoms with Crippen LogP contribution >= 0.6 is 0 Å². The number of allylic oxidation sites excluding steroid dienone is 3. The number of carboxylic acids is 1. The quantitative estimate of drug-likeness (QED) is 0.527. The van der Waals surface area contributed by atoms with Gasteiger partial charge in [-0.1, -0.05) is 18.2 Å². The number of hydrogen-bond acceptors (Lipinski definition) is 2. The van der Waals surface area contributed by atoms with Gasteiger partial charge in [-0.3, -0.25) is 0 Å². The molecule has 0 spiro atoms. The van der Waals surface area contributed by atoms with Gasteiger partial charge in [-0.25, -0.2) is 4.79 Å². The van der Waals surface area contributed by atoms with Crippen LogP contribution in [0.15, 0.2) is 24.3 Å². The number of aliphatic carboxylic acids is 1. The van der Waals surface area contributed by atoms with Crippen molar-refractivity contribution in [2.75, 3.05) is 13.2 Å². The molecule has 13 heavy (non-hydrogen) atoms. The molecule has 1 rings (SSSR count). The maximum atomic E-state index is 9.75. The Kier molecular flexibility index (Phi) is 8.25. The Morgan fingerprint density at radius 3 is 2.23 bits per heavy atom. The van der Waals surface area contributed by atoms with Crippen LogP contribution in [0.3, 0.4) is 0 Å². The molecule has 0 aromatic carbocycles. The van der Waals surface area contributed by atoms with Gasteiger partial charge in [0.2, 0.25) is 0 Å². The van der Waals surface area contributed by atoms with Crippen molar-refractivity contribution in [2.45, 2.75) is 19.8 Å². The van der Waals surface area contributed by atoms with Crippen LogP contribution in [0, 0.1) is 0 Å². The van der Waals surface area contributed by atoms with E-state index < -0.39 is 5.97 Å².